The third-order valence-corrected chi connectivity index (χ3v) is 14.5. The molecule has 0 radical (unpaired) electrons. The predicted octanol–water partition coefficient (Wildman–Crippen LogP) is 11.0. The van der Waals surface area contributed by atoms with Gasteiger partial charge in [0.15, 0.2) is 16.6 Å². The first-order valence-corrected chi connectivity index (χ1v) is 27.9. The highest BCUT2D eigenvalue weighted by Crippen LogP contribution is 2.68. The maximum Gasteiger partial charge on any atom is 0.242 e. The van der Waals surface area contributed by atoms with E-state index in [0.717, 1.165) is 48.9 Å². The SMILES string of the molecule is CC(CCC[C@@H](C)[C@H]1CCC2C3C(CC[C@@]21C)[C@@]1(C)CC=C(O[Si](C)(C)C)C=C1C[C@@H]3O[Si](C)(C)C)CO[Si](C)(C)C. The molecule has 0 amide bonds. The van der Waals surface area contributed by atoms with Gasteiger partial charge < -0.3 is 13.3 Å². The molecule has 3 fully saturated rings. The van der Waals surface area contributed by atoms with E-state index in [2.05, 4.69) is 98.8 Å². The summed E-state index contributed by atoms with van der Waals surface area (Å²) >= 11 is 0. The van der Waals surface area contributed by atoms with Crippen LogP contribution in [-0.4, -0.2) is 37.7 Å². The summed E-state index contributed by atoms with van der Waals surface area (Å²) in [6.07, 6.45) is 17.2. The van der Waals surface area contributed by atoms with Crippen LogP contribution in [0.15, 0.2) is 23.5 Å². The maximum atomic E-state index is 7.20. The molecule has 4 unspecified atom stereocenters. The minimum absolute atomic E-state index is 0.259. The molecule has 6 heteroatoms. The quantitative estimate of drug-likeness (QED) is 0.200. The molecular weight excluding hydrogens is 565 g/mol. The highest BCUT2D eigenvalue weighted by atomic mass is 28.4. The minimum atomic E-state index is -1.69. The standard InChI is InChI=1S/C36H68O3Si3/c1-26(25-37-40(5,6)7)15-14-16-27(2)30-17-18-31-34-32(20-22-36(30,31)4)35(3)21-19-29(38-41(8,9)10)23-28(35)24-33(34)39-42(11,12)13/h19,23,26-27,30-34H,14-18,20-22,24-25H2,1-13H3/t26?,27-,30-,31?,32?,33+,34?,35+,36-/m1/s1. The summed E-state index contributed by atoms with van der Waals surface area (Å²) in [4.78, 5) is 0. The van der Waals surface area contributed by atoms with E-state index in [-0.39, 0.29) is 5.41 Å². The molecule has 0 aromatic rings. The van der Waals surface area contributed by atoms with Crippen molar-refractivity contribution >= 4 is 25.0 Å². The molecule has 3 nitrogen and oxygen atoms in total. The van der Waals surface area contributed by atoms with Crippen molar-refractivity contribution in [2.24, 2.45) is 46.3 Å². The molecule has 42 heavy (non-hydrogen) atoms. The van der Waals surface area contributed by atoms with Crippen LogP contribution in [0.4, 0.5) is 0 Å². The Labute approximate surface area is 264 Å². The van der Waals surface area contributed by atoms with Crippen molar-refractivity contribution in [3.8, 4) is 0 Å². The van der Waals surface area contributed by atoms with Crippen LogP contribution >= 0.6 is 0 Å². The minimum Gasteiger partial charge on any atom is -0.545 e. The van der Waals surface area contributed by atoms with Gasteiger partial charge in [-0.3, -0.25) is 0 Å². The fourth-order valence-corrected chi connectivity index (χ4v) is 12.6. The van der Waals surface area contributed by atoms with E-state index in [1.54, 1.807) is 5.57 Å². The first kappa shape index (κ1) is 34.7. The topological polar surface area (TPSA) is 27.7 Å². The Hall–Kier alpha value is -0.149. The lowest BCUT2D eigenvalue weighted by Gasteiger charge is -2.61. The molecule has 0 aromatic carbocycles. The number of rotatable bonds is 12. The molecule has 0 N–H and O–H groups in total. The van der Waals surface area contributed by atoms with E-state index in [1.807, 2.05) is 0 Å². The molecule has 3 saturated carbocycles. The molecule has 0 spiro atoms. The Morgan fingerprint density at radius 2 is 1.55 bits per heavy atom. The monoisotopic (exact) mass is 632 g/mol. The molecule has 0 bridgehead atoms. The summed E-state index contributed by atoms with van der Waals surface area (Å²) < 4.78 is 20.0. The van der Waals surface area contributed by atoms with Gasteiger partial charge in [0.2, 0.25) is 8.32 Å². The Balaban J connectivity index is 1.50. The molecular formula is C36H68O3Si3. The normalized spacial score (nSPS) is 36.7. The fourth-order valence-electron chi connectivity index (χ4n) is 9.77. The lowest BCUT2D eigenvalue weighted by Crippen LogP contribution is -2.57. The molecule has 0 aromatic heterocycles. The van der Waals surface area contributed by atoms with Gasteiger partial charge in [-0.1, -0.05) is 46.1 Å². The van der Waals surface area contributed by atoms with Crippen LogP contribution in [0.25, 0.3) is 0 Å². The van der Waals surface area contributed by atoms with Crippen molar-refractivity contribution in [3.63, 3.8) is 0 Å². The van der Waals surface area contributed by atoms with E-state index in [4.69, 9.17) is 13.3 Å². The average Bonchev–Trinajstić information content (AvgIpc) is 3.18. The van der Waals surface area contributed by atoms with Gasteiger partial charge in [0, 0.05) is 6.61 Å². The van der Waals surface area contributed by atoms with E-state index in [0.29, 0.717) is 23.4 Å². The van der Waals surface area contributed by atoms with Crippen molar-refractivity contribution in [2.75, 3.05) is 6.61 Å². The molecule has 4 rings (SSSR count). The number of allylic oxidation sites excluding steroid dienone is 2. The third-order valence-electron chi connectivity index (χ3n) is 11.6. The molecule has 9 atom stereocenters. The van der Waals surface area contributed by atoms with Crippen LogP contribution in [-0.2, 0) is 13.3 Å². The van der Waals surface area contributed by atoms with Gasteiger partial charge in [0.05, 0.1) is 11.9 Å². The summed E-state index contributed by atoms with van der Waals surface area (Å²) in [5.41, 5.74) is 2.35. The maximum absolute atomic E-state index is 7.20. The van der Waals surface area contributed by atoms with Gasteiger partial charge in [-0.15, -0.1) is 0 Å². The van der Waals surface area contributed by atoms with Crippen LogP contribution in [0.5, 0.6) is 0 Å². The van der Waals surface area contributed by atoms with E-state index < -0.39 is 25.0 Å². The zero-order chi connectivity index (χ0) is 31.3. The summed E-state index contributed by atoms with van der Waals surface area (Å²) in [6.45, 7) is 32.3. The van der Waals surface area contributed by atoms with Crippen LogP contribution in [0, 0.1) is 46.3 Å². The lowest BCUT2D eigenvalue weighted by molar-refractivity contribution is -0.104. The first-order valence-electron chi connectivity index (χ1n) is 17.6. The molecule has 0 aliphatic heterocycles. The van der Waals surface area contributed by atoms with Gasteiger partial charge in [-0.05, 0) is 162 Å². The zero-order valence-corrected chi connectivity index (χ0v) is 33.0. The molecule has 4 aliphatic rings. The second-order valence-electron chi connectivity index (χ2n) is 18.5. The van der Waals surface area contributed by atoms with E-state index >= 15 is 0 Å². The number of hydrogen-bond donors (Lipinski definition) is 0. The molecule has 0 heterocycles. The second-order valence-corrected chi connectivity index (χ2v) is 31.9. The summed E-state index contributed by atoms with van der Waals surface area (Å²) in [5, 5.41) is 0. The van der Waals surface area contributed by atoms with Crippen LogP contribution < -0.4 is 0 Å². The molecule has 242 valence electrons. The summed E-state index contributed by atoms with van der Waals surface area (Å²) in [7, 11) is -4.73. The van der Waals surface area contributed by atoms with Gasteiger partial charge in [-0.2, -0.15) is 0 Å². The van der Waals surface area contributed by atoms with Gasteiger partial charge >= 0.3 is 0 Å². The largest absolute Gasteiger partial charge is 0.545 e. The lowest BCUT2D eigenvalue weighted by atomic mass is 9.46. The Kier molecular flexibility index (Phi) is 10.4. The highest BCUT2D eigenvalue weighted by molar-refractivity contribution is 6.70. The van der Waals surface area contributed by atoms with E-state index in [1.165, 1.54) is 44.9 Å². The second kappa shape index (κ2) is 12.6. The van der Waals surface area contributed by atoms with Gasteiger partial charge in [0.25, 0.3) is 0 Å². The van der Waals surface area contributed by atoms with Crippen LogP contribution in [0.1, 0.15) is 85.5 Å². The van der Waals surface area contributed by atoms with Crippen LogP contribution in [0.3, 0.4) is 0 Å². The molecule has 4 aliphatic carbocycles. The van der Waals surface area contributed by atoms with Crippen molar-refractivity contribution in [2.45, 2.75) is 151 Å². The smallest absolute Gasteiger partial charge is 0.242 e. The number of hydrogen-bond acceptors (Lipinski definition) is 3. The van der Waals surface area contributed by atoms with Crippen molar-refractivity contribution in [3.05, 3.63) is 23.5 Å². The van der Waals surface area contributed by atoms with Crippen molar-refractivity contribution < 1.29 is 13.3 Å². The van der Waals surface area contributed by atoms with Crippen molar-refractivity contribution in [1.82, 2.24) is 0 Å². The predicted molar refractivity (Wildman–Crippen MR) is 188 cm³/mol. The highest BCUT2D eigenvalue weighted by Gasteiger charge is 2.62. The Bertz CT molecular complexity index is 1000. The Morgan fingerprint density at radius 3 is 2.17 bits per heavy atom. The van der Waals surface area contributed by atoms with E-state index in [9.17, 15) is 0 Å². The first-order chi connectivity index (χ1) is 19.2. The van der Waals surface area contributed by atoms with Gasteiger partial charge in [-0.25, -0.2) is 0 Å². The fraction of sp³-hybridized carbons (Fsp3) is 0.889. The summed E-state index contributed by atoms with van der Waals surface area (Å²) in [5.74, 6) is 5.71. The average molecular weight is 633 g/mol. The van der Waals surface area contributed by atoms with Gasteiger partial charge in [0.1, 0.15) is 0 Å². The number of fused-ring (bicyclic) bond motifs is 5. The van der Waals surface area contributed by atoms with Crippen LogP contribution in [0.2, 0.25) is 58.9 Å². The summed E-state index contributed by atoms with van der Waals surface area (Å²) in [6, 6.07) is 0. The third kappa shape index (κ3) is 7.97. The Morgan fingerprint density at radius 1 is 0.857 bits per heavy atom. The van der Waals surface area contributed by atoms with Crippen molar-refractivity contribution in [1.29, 1.82) is 0 Å². The zero-order valence-electron chi connectivity index (χ0n) is 30.0. The molecule has 0 saturated heterocycles.